The Morgan fingerprint density at radius 1 is 1.18 bits per heavy atom. The van der Waals surface area contributed by atoms with E-state index in [2.05, 4.69) is 24.4 Å². The van der Waals surface area contributed by atoms with Crippen LogP contribution in [0.5, 0.6) is 0 Å². The van der Waals surface area contributed by atoms with Crippen molar-refractivity contribution in [3.8, 4) is 0 Å². The predicted molar refractivity (Wildman–Crippen MR) is 72.6 cm³/mol. The van der Waals surface area contributed by atoms with Gasteiger partial charge in [0.25, 0.3) is 0 Å². The van der Waals surface area contributed by atoms with Crippen LogP contribution in [0, 0.1) is 5.92 Å². The van der Waals surface area contributed by atoms with Crippen molar-refractivity contribution in [1.29, 1.82) is 0 Å². The third-order valence-electron chi connectivity index (χ3n) is 5.25. The zero-order valence-corrected chi connectivity index (χ0v) is 11.5. The fourth-order valence-corrected chi connectivity index (χ4v) is 3.78. The van der Waals surface area contributed by atoms with Crippen LogP contribution >= 0.6 is 0 Å². The van der Waals surface area contributed by atoms with Crippen LogP contribution in [0.3, 0.4) is 0 Å². The minimum Gasteiger partial charge on any atom is -0.302 e. The predicted octanol–water partition coefficient (Wildman–Crippen LogP) is 2.27. The Hall–Kier alpha value is -0.120. The summed E-state index contributed by atoms with van der Waals surface area (Å²) in [4.78, 5) is 2.44. The average Bonchev–Trinajstić information content (AvgIpc) is 2.28. The first-order valence-electron chi connectivity index (χ1n) is 7.32. The minimum absolute atomic E-state index is 0.308. The normalized spacial score (nSPS) is 26.8. The molecule has 0 amide bonds. The molecule has 0 saturated heterocycles. The third-order valence-corrected chi connectivity index (χ3v) is 5.25. The average molecular weight is 239 g/mol. The molecule has 3 N–H and O–H groups in total. The summed E-state index contributed by atoms with van der Waals surface area (Å²) in [6, 6.07) is 0.475. The second-order valence-corrected chi connectivity index (χ2v) is 6.31. The first-order chi connectivity index (χ1) is 8.19. The van der Waals surface area contributed by atoms with Crippen LogP contribution in [-0.4, -0.2) is 30.6 Å². The molecule has 17 heavy (non-hydrogen) atoms. The van der Waals surface area contributed by atoms with E-state index in [9.17, 15) is 0 Å². The molecule has 2 fully saturated rings. The number of rotatable bonds is 5. The number of nitrogens with zero attached hydrogens (tertiary/aromatic N) is 1. The van der Waals surface area contributed by atoms with Gasteiger partial charge in [-0.1, -0.05) is 38.5 Å². The van der Waals surface area contributed by atoms with Gasteiger partial charge in [-0.3, -0.25) is 11.3 Å². The summed E-state index contributed by atoms with van der Waals surface area (Å²) in [6.07, 6.45) is 12.3. The highest BCUT2D eigenvalue weighted by Crippen LogP contribution is 2.40. The zero-order chi connectivity index (χ0) is 12.3. The molecule has 0 radical (unpaired) electrons. The molecule has 3 nitrogen and oxygen atoms in total. The number of nitrogens with two attached hydrogens (primary N) is 1. The second kappa shape index (κ2) is 5.68. The van der Waals surface area contributed by atoms with Crippen molar-refractivity contribution in [3.63, 3.8) is 0 Å². The summed E-state index contributed by atoms with van der Waals surface area (Å²) in [5.74, 6) is 6.80. The maximum atomic E-state index is 5.88. The van der Waals surface area contributed by atoms with Crippen molar-refractivity contribution in [2.45, 2.75) is 69.4 Å². The van der Waals surface area contributed by atoms with E-state index in [0.29, 0.717) is 11.6 Å². The van der Waals surface area contributed by atoms with Gasteiger partial charge in [0, 0.05) is 11.6 Å². The molecule has 2 aliphatic carbocycles. The molecule has 2 saturated carbocycles. The van der Waals surface area contributed by atoms with Crippen molar-refractivity contribution in [1.82, 2.24) is 10.3 Å². The Morgan fingerprint density at radius 2 is 1.82 bits per heavy atom. The fraction of sp³-hybridized carbons (Fsp3) is 1.00. The molecule has 0 aromatic rings. The topological polar surface area (TPSA) is 41.3 Å². The van der Waals surface area contributed by atoms with E-state index >= 15 is 0 Å². The summed E-state index contributed by atoms with van der Waals surface area (Å²) >= 11 is 0. The molecular formula is C14H29N3. The maximum absolute atomic E-state index is 5.88. The van der Waals surface area contributed by atoms with E-state index in [-0.39, 0.29) is 0 Å². The van der Waals surface area contributed by atoms with Gasteiger partial charge in [-0.2, -0.15) is 0 Å². The van der Waals surface area contributed by atoms with Crippen molar-refractivity contribution in [2.24, 2.45) is 11.8 Å². The van der Waals surface area contributed by atoms with Gasteiger partial charge < -0.3 is 4.90 Å². The summed E-state index contributed by atoms with van der Waals surface area (Å²) in [5.41, 5.74) is 3.46. The molecule has 1 atom stereocenters. The van der Waals surface area contributed by atoms with Gasteiger partial charge in [-0.25, -0.2) is 0 Å². The molecule has 0 bridgehead atoms. The van der Waals surface area contributed by atoms with Gasteiger partial charge in [-0.05, 0) is 39.3 Å². The third kappa shape index (κ3) is 2.67. The van der Waals surface area contributed by atoms with Gasteiger partial charge in [-0.15, -0.1) is 0 Å². The number of hydrogen-bond acceptors (Lipinski definition) is 3. The van der Waals surface area contributed by atoms with Crippen molar-refractivity contribution < 1.29 is 0 Å². The monoisotopic (exact) mass is 239 g/mol. The standard InChI is InChI=1S/C14H29N3/c1-17(2)14(9-4-3-5-10-14)13(16-15)11-12-7-6-8-12/h12-13,16H,3-11,15H2,1-2H3. The Bertz CT molecular complexity index is 230. The fourth-order valence-electron chi connectivity index (χ4n) is 3.78. The SMILES string of the molecule is CN(C)C1(C(CC2CCC2)NN)CCCCC1. The lowest BCUT2D eigenvalue weighted by atomic mass is 9.70. The summed E-state index contributed by atoms with van der Waals surface area (Å²) in [7, 11) is 4.47. The van der Waals surface area contributed by atoms with E-state index in [1.165, 1.54) is 57.8 Å². The van der Waals surface area contributed by atoms with Crippen molar-refractivity contribution >= 4 is 0 Å². The highest BCUT2D eigenvalue weighted by atomic mass is 15.3. The molecule has 1 unspecified atom stereocenters. The lowest BCUT2D eigenvalue weighted by Crippen LogP contribution is -2.62. The lowest BCUT2D eigenvalue weighted by Gasteiger charge is -2.49. The van der Waals surface area contributed by atoms with Gasteiger partial charge >= 0.3 is 0 Å². The van der Waals surface area contributed by atoms with Gasteiger partial charge in [0.05, 0.1) is 0 Å². The van der Waals surface area contributed by atoms with Crippen LogP contribution in [0.25, 0.3) is 0 Å². The van der Waals surface area contributed by atoms with Crippen LogP contribution in [0.15, 0.2) is 0 Å². The van der Waals surface area contributed by atoms with Crippen LogP contribution in [-0.2, 0) is 0 Å². The number of nitrogens with one attached hydrogen (secondary N) is 1. The Kier molecular flexibility index (Phi) is 4.45. The number of hydrogen-bond donors (Lipinski definition) is 2. The van der Waals surface area contributed by atoms with Crippen molar-refractivity contribution in [2.75, 3.05) is 14.1 Å². The maximum Gasteiger partial charge on any atom is 0.0397 e. The molecule has 0 heterocycles. The summed E-state index contributed by atoms with van der Waals surface area (Å²) < 4.78 is 0. The molecule has 2 rings (SSSR count). The van der Waals surface area contributed by atoms with Crippen molar-refractivity contribution in [3.05, 3.63) is 0 Å². The lowest BCUT2D eigenvalue weighted by molar-refractivity contribution is 0.0404. The Balaban J connectivity index is 2.05. The largest absolute Gasteiger partial charge is 0.302 e. The number of hydrazine groups is 1. The summed E-state index contributed by atoms with van der Waals surface area (Å²) in [6.45, 7) is 0. The molecule has 3 heteroatoms. The quantitative estimate of drug-likeness (QED) is 0.571. The molecular weight excluding hydrogens is 210 g/mol. The highest BCUT2D eigenvalue weighted by molar-refractivity contribution is 5.01. The number of likely N-dealkylation sites (N-methyl/N-ethyl adjacent to an activating group) is 1. The molecule has 0 aromatic heterocycles. The van der Waals surface area contributed by atoms with Gasteiger partial charge in [0.1, 0.15) is 0 Å². The van der Waals surface area contributed by atoms with E-state index in [1.54, 1.807) is 0 Å². The Labute approximate surface area is 106 Å². The Morgan fingerprint density at radius 3 is 2.24 bits per heavy atom. The van der Waals surface area contributed by atoms with E-state index in [4.69, 9.17) is 5.84 Å². The summed E-state index contributed by atoms with van der Waals surface area (Å²) in [5, 5.41) is 0. The molecule has 100 valence electrons. The smallest absolute Gasteiger partial charge is 0.0397 e. The van der Waals surface area contributed by atoms with Crippen LogP contribution in [0.1, 0.15) is 57.8 Å². The van der Waals surface area contributed by atoms with Crippen LogP contribution < -0.4 is 11.3 Å². The molecule has 0 spiro atoms. The van der Waals surface area contributed by atoms with Crippen LogP contribution in [0.2, 0.25) is 0 Å². The highest BCUT2D eigenvalue weighted by Gasteiger charge is 2.42. The van der Waals surface area contributed by atoms with Gasteiger partial charge in [0.2, 0.25) is 0 Å². The minimum atomic E-state index is 0.308. The van der Waals surface area contributed by atoms with E-state index in [1.807, 2.05) is 0 Å². The molecule has 0 aliphatic heterocycles. The van der Waals surface area contributed by atoms with Gasteiger partial charge in [0.15, 0.2) is 0 Å². The zero-order valence-electron chi connectivity index (χ0n) is 11.5. The van der Waals surface area contributed by atoms with E-state index in [0.717, 1.165) is 5.92 Å². The van der Waals surface area contributed by atoms with E-state index < -0.39 is 0 Å². The van der Waals surface area contributed by atoms with Crippen LogP contribution in [0.4, 0.5) is 0 Å². The first-order valence-corrected chi connectivity index (χ1v) is 7.32. The molecule has 0 aromatic carbocycles. The second-order valence-electron chi connectivity index (χ2n) is 6.31. The first kappa shape index (κ1) is 13.3. The molecule has 2 aliphatic rings.